The van der Waals surface area contributed by atoms with Crippen molar-refractivity contribution < 1.29 is 0 Å². The summed E-state index contributed by atoms with van der Waals surface area (Å²) >= 11 is 0. The van der Waals surface area contributed by atoms with E-state index in [1.54, 1.807) is 0 Å². The van der Waals surface area contributed by atoms with Crippen molar-refractivity contribution in [3.05, 3.63) is 295 Å². The van der Waals surface area contributed by atoms with Crippen molar-refractivity contribution in [2.45, 2.75) is 5.41 Å². The zero-order valence-electron chi connectivity index (χ0n) is 38.3. The molecule has 14 rings (SSSR count). The first-order valence-corrected chi connectivity index (χ1v) is 24.2. The second-order valence-corrected chi connectivity index (χ2v) is 18.4. The van der Waals surface area contributed by atoms with Gasteiger partial charge in [0.2, 0.25) is 0 Å². The number of fused-ring (bicyclic) bond motifs is 13. The lowest BCUT2D eigenvalue weighted by Crippen LogP contribution is -2.26. The van der Waals surface area contributed by atoms with Crippen LogP contribution in [0.1, 0.15) is 22.3 Å². The van der Waals surface area contributed by atoms with Crippen LogP contribution in [-0.2, 0) is 5.41 Å². The minimum absolute atomic E-state index is 0.503. The van der Waals surface area contributed by atoms with Crippen LogP contribution in [0.2, 0.25) is 0 Å². The van der Waals surface area contributed by atoms with Gasteiger partial charge < -0.3 is 14.4 Å². The normalized spacial score (nSPS) is 14.1. The maximum Gasteiger partial charge on any atom is 0.0725 e. The fourth-order valence-electron chi connectivity index (χ4n) is 11.8. The van der Waals surface area contributed by atoms with Crippen molar-refractivity contribution in [3.63, 3.8) is 0 Å². The number of benzene rings is 11. The molecule has 0 saturated heterocycles. The summed E-state index contributed by atoms with van der Waals surface area (Å²) < 4.78 is 2.41. The topological polar surface area (TPSA) is 11.4 Å². The molecule has 0 radical (unpaired) electrons. The van der Waals surface area contributed by atoms with E-state index >= 15 is 0 Å². The Labute approximate surface area is 408 Å². The van der Waals surface area contributed by atoms with Gasteiger partial charge in [-0.3, -0.25) is 0 Å². The predicted octanol–water partition coefficient (Wildman–Crippen LogP) is 17.7. The van der Waals surface area contributed by atoms with Gasteiger partial charge >= 0.3 is 0 Å². The SMILES string of the molecule is c1ccc(-c2ccc(N(c3ccc4c(c3)-c3ccccc3C43c4ccccc4-c4cc(N(c5ccccc5)c5ccccc5)ccc43)c3ccc4c5ccccc5n(-c5ccccc5)c4c3)cc2)cc1. The van der Waals surface area contributed by atoms with Crippen molar-refractivity contribution in [3.8, 4) is 39.1 Å². The lowest BCUT2D eigenvalue weighted by Gasteiger charge is -2.32. The number of anilines is 6. The summed E-state index contributed by atoms with van der Waals surface area (Å²) in [5.74, 6) is 0. The maximum atomic E-state index is 2.45. The third-order valence-corrected chi connectivity index (χ3v) is 14.8. The van der Waals surface area contributed by atoms with E-state index in [0.717, 1.165) is 45.3 Å². The lowest BCUT2D eigenvalue weighted by molar-refractivity contribution is 0.793. The zero-order valence-corrected chi connectivity index (χ0v) is 38.3. The van der Waals surface area contributed by atoms with Gasteiger partial charge in [-0.2, -0.15) is 0 Å². The van der Waals surface area contributed by atoms with Gasteiger partial charge in [0, 0.05) is 50.6 Å². The molecule has 0 fully saturated rings. The summed E-state index contributed by atoms with van der Waals surface area (Å²) in [6, 6.07) is 100. The van der Waals surface area contributed by atoms with Gasteiger partial charge in [-0.05, 0) is 147 Å². The average molecular weight is 892 g/mol. The second kappa shape index (κ2) is 16.0. The highest BCUT2D eigenvalue weighted by molar-refractivity contribution is 6.10. The van der Waals surface area contributed by atoms with Crippen molar-refractivity contribution in [1.29, 1.82) is 0 Å². The largest absolute Gasteiger partial charge is 0.310 e. The molecule has 2 aliphatic rings. The van der Waals surface area contributed by atoms with Crippen LogP contribution in [0.15, 0.2) is 273 Å². The molecule has 0 saturated carbocycles. The van der Waals surface area contributed by atoms with E-state index in [2.05, 4.69) is 287 Å². The molecule has 0 N–H and O–H groups in total. The lowest BCUT2D eigenvalue weighted by atomic mass is 9.70. The van der Waals surface area contributed by atoms with Crippen molar-refractivity contribution >= 4 is 55.9 Å². The van der Waals surface area contributed by atoms with E-state index in [1.807, 2.05) is 0 Å². The Balaban J connectivity index is 0.971. The molecule has 1 unspecified atom stereocenters. The number of hydrogen-bond donors (Lipinski definition) is 0. The fraction of sp³-hybridized carbons (Fsp3) is 0.0149. The van der Waals surface area contributed by atoms with Crippen LogP contribution in [0.3, 0.4) is 0 Å². The van der Waals surface area contributed by atoms with Crippen molar-refractivity contribution in [2.24, 2.45) is 0 Å². The summed E-state index contributed by atoms with van der Waals surface area (Å²) in [7, 11) is 0. The first kappa shape index (κ1) is 39.9. The maximum absolute atomic E-state index is 2.45. The fourth-order valence-corrected chi connectivity index (χ4v) is 11.8. The van der Waals surface area contributed by atoms with Crippen LogP contribution in [0, 0.1) is 0 Å². The molecule has 70 heavy (non-hydrogen) atoms. The molecule has 1 heterocycles. The Morgan fingerprint density at radius 2 is 0.657 bits per heavy atom. The molecule has 1 atom stereocenters. The van der Waals surface area contributed by atoms with E-state index in [1.165, 1.54) is 71.9 Å². The third-order valence-electron chi connectivity index (χ3n) is 14.8. The Morgan fingerprint density at radius 3 is 1.26 bits per heavy atom. The Kier molecular flexibility index (Phi) is 9.11. The Hall–Kier alpha value is -9.18. The molecule has 3 heteroatoms. The van der Waals surface area contributed by atoms with Gasteiger partial charge in [0.1, 0.15) is 0 Å². The molecule has 12 aromatic rings. The minimum atomic E-state index is -0.503. The average Bonchev–Trinajstić information content (AvgIpc) is 4.04. The van der Waals surface area contributed by atoms with Gasteiger partial charge in [-0.1, -0.05) is 182 Å². The standard InChI is InChI=1S/C67H45N3/c1-5-19-46(20-6-1)47-33-35-51(36-34-47)69(54-37-40-58-57-29-15-18-32-65(57)70(66(58)45-54)50-25-11-4-12-26-50)53-39-42-64-60(44-53)56-28-14-17-31-62(56)67(64)61-30-16-13-27-55(61)59-43-52(38-41-63(59)67)68(48-21-7-2-8-22-48)49-23-9-3-10-24-49/h1-45H. The van der Waals surface area contributed by atoms with E-state index in [0.29, 0.717) is 0 Å². The monoisotopic (exact) mass is 891 g/mol. The molecule has 0 amide bonds. The molecule has 2 aliphatic carbocycles. The van der Waals surface area contributed by atoms with Gasteiger partial charge in [0.15, 0.2) is 0 Å². The van der Waals surface area contributed by atoms with Gasteiger partial charge in [0.25, 0.3) is 0 Å². The molecule has 0 aliphatic heterocycles. The van der Waals surface area contributed by atoms with Crippen molar-refractivity contribution in [1.82, 2.24) is 4.57 Å². The Bertz CT molecular complexity index is 3900. The number of nitrogens with zero attached hydrogens (tertiary/aromatic N) is 3. The summed E-state index contributed by atoms with van der Waals surface area (Å²) in [6.45, 7) is 0. The van der Waals surface area contributed by atoms with Crippen LogP contribution >= 0.6 is 0 Å². The quantitative estimate of drug-likeness (QED) is 0.151. The highest BCUT2D eigenvalue weighted by Gasteiger charge is 2.51. The van der Waals surface area contributed by atoms with Crippen LogP contribution in [0.4, 0.5) is 34.1 Å². The van der Waals surface area contributed by atoms with Crippen LogP contribution in [0.5, 0.6) is 0 Å². The smallest absolute Gasteiger partial charge is 0.0725 e. The molecule has 11 aromatic carbocycles. The van der Waals surface area contributed by atoms with E-state index in [4.69, 9.17) is 0 Å². The molecular formula is C67H45N3. The number of aromatic nitrogens is 1. The van der Waals surface area contributed by atoms with E-state index < -0.39 is 5.41 Å². The highest BCUT2D eigenvalue weighted by Crippen LogP contribution is 2.64. The molecular weight excluding hydrogens is 847 g/mol. The number of hydrogen-bond acceptors (Lipinski definition) is 2. The summed E-state index contributed by atoms with van der Waals surface area (Å²) in [4.78, 5) is 4.81. The number of rotatable bonds is 8. The minimum Gasteiger partial charge on any atom is -0.310 e. The van der Waals surface area contributed by atoms with Gasteiger partial charge in [-0.25, -0.2) is 0 Å². The third kappa shape index (κ3) is 6.01. The molecule has 1 aromatic heterocycles. The van der Waals surface area contributed by atoms with E-state index in [-0.39, 0.29) is 0 Å². The number of para-hydroxylation sites is 4. The van der Waals surface area contributed by atoms with Crippen molar-refractivity contribution in [2.75, 3.05) is 9.80 Å². The van der Waals surface area contributed by atoms with Gasteiger partial charge in [0.05, 0.1) is 16.4 Å². The van der Waals surface area contributed by atoms with E-state index in [9.17, 15) is 0 Å². The predicted molar refractivity (Wildman–Crippen MR) is 292 cm³/mol. The molecule has 1 spiro atoms. The Morgan fingerprint density at radius 1 is 0.257 bits per heavy atom. The second-order valence-electron chi connectivity index (χ2n) is 18.4. The highest BCUT2D eigenvalue weighted by atomic mass is 15.1. The first-order valence-electron chi connectivity index (χ1n) is 24.2. The van der Waals surface area contributed by atoms with Gasteiger partial charge in [-0.15, -0.1) is 0 Å². The molecule has 328 valence electrons. The molecule has 3 nitrogen and oxygen atoms in total. The van der Waals surface area contributed by atoms with Crippen LogP contribution in [0.25, 0.3) is 60.9 Å². The zero-order chi connectivity index (χ0) is 46.2. The van der Waals surface area contributed by atoms with Crippen LogP contribution in [-0.4, -0.2) is 4.57 Å². The summed E-state index contributed by atoms with van der Waals surface area (Å²) in [5.41, 5.74) is 22.3. The molecule has 0 bridgehead atoms. The van der Waals surface area contributed by atoms with Crippen LogP contribution < -0.4 is 9.80 Å². The first-order chi connectivity index (χ1) is 34.7. The summed E-state index contributed by atoms with van der Waals surface area (Å²) in [5, 5.41) is 2.47. The summed E-state index contributed by atoms with van der Waals surface area (Å²) in [6.07, 6.45) is 0.